The Labute approximate surface area is 197 Å². The van der Waals surface area contributed by atoms with Crippen LogP contribution in [-0.2, 0) is 21.2 Å². The largest absolute Gasteiger partial charge is 0.490 e. The van der Waals surface area contributed by atoms with E-state index in [1.807, 2.05) is 0 Å². The molecule has 35 heavy (non-hydrogen) atoms. The van der Waals surface area contributed by atoms with E-state index in [-0.39, 0.29) is 28.4 Å². The van der Waals surface area contributed by atoms with Crippen LogP contribution in [0.1, 0.15) is 29.1 Å². The summed E-state index contributed by atoms with van der Waals surface area (Å²) >= 11 is 0. The fourth-order valence-corrected chi connectivity index (χ4v) is 4.93. The second-order valence-corrected chi connectivity index (χ2v) is 9.72. The average molecular weight is 514 g/mol. The number of piperidine rings is 1. The van der Waals surface area contributed by atoms with E-state index in [9.17, 15) is 26.4 Å². The number of carboxylic acid groups (broad SMARTS) is 1. The summed E-state index contributed by atoms with van der Waals surface area (Å²) in [5, 5.41) is 13.4. The predicted octanol–water partition coefficient (Wildman–Crippen LogP) is 2.31. The number of pyridine rings is 2. The molecule has 0 radical (unpaired) electrons. The van der Waals surface area contributed by atoms with Crippen molar-refractivity contribution in [2.75, 3.05) is 13.1 Å². The number of halogens is 3. The molecule has 3 aromatic heterocycles. The van der Waals surface area contributed by atoms with Crippen molar-refractivity contribution in [1.29, 1.82) is 0 Å². The molecule has 0 unspecified atom stereocenters. The molecule has 0 spiro atoms. The minimum absolute atomic E-state index is 0.168. The Kier molecular flexibility index (Phi) is 8.07. The number of sulfone groups is 1. The zero-order chi connectivity index (χ0) is 25.6. The molecule has 1 amide bonds. The van der Waals surface area contributed by atoms with Gasteiger partial charge < -0.3 is 20.2 Å². The molecule has 188 valence electrons. The molecule has 3 aromatic rings. The number of hydrogen-bond donors (Lipinski definition) is 3. The monoisotopic (exact) mass is 514 g/mol. The van der Waals surface area contributed by atoms with Gasteiger partial charge in [0.1, 0.15) is 0 Å². The number of carbonyl (C=O) groups excluding carboxylic acids is 1. The summed E-state index contributed by atoms with van der Waals surface area (Å²) in [6.45, 7) is 1.58. The molecule has 0 atom stereocenters. The number of nitrogens with one attached hydrogen (secondary N) is 2. The van der Waals surface area contributed by atoms with Crippen molar-refractivity contribution in [2.24, 2.45) is 0 Å². The Balaban J connectivity index is 0.000000429. The second kappa shape index (κ2) is 10.8. The van der Waals surface area contributed by atoms with E-state index in [4.69, 9.17) is 14.3 Å². The van der Waals surface area contributed by atoms with E-state index in [0.29, 0.717) is 37.2 Å². The van der Waals surface area contributed by atoms with E-state index >= 15 is 0 Å². The molecule has 14 heteroatoms. The molecule has 10 nitrogen and oxygen atoms in total. The van der Waals surface area contributed by atoms with E-state index in [2.05, 4.69) is 20.6 Å². The van der Waals surface area contributed by atoms with E-state index in [0.717, 1.165) is 5.39 Å². The summed E-state index contributed by atoms with van der Waals surface area (Å²) in [6.07, 6.45) is 0.671. The van der Waals surface area contributed by atoms with Crippen LogP contribution in [0.3, 0.4) is 0 Å². The number of hydrogen-bond acceptors (Lipinski definition) is 8. The minimum atomic E-state index is -5.08. The lowest BCUT2D eigenvalue weighted by molar-refractivity contribution is -0.192. The van der Waals surface area contributed by atoms with Crippen LogP contribution in [0, 0.1) is 0 Å². The molecule has 1 saturated heterocycles. The van der Waals surface area contributed by atoms with Gasteiger partial charge in [0, 0.05) is 17.8 Å². The highest BCUT2D eigenvalue weighted by atomic mass is 32.2. The van der Waals surface area contributed by atoms with Crippen molar-refractivity contribution < 1.29 is 40.7 Å². The van der Waals surface area contributed by atoms with Gasteiger partial charge in [-0.25, -0.2) is 13.2 Å². The maximum Gasteiger partial charge on any atom is 0.490 e. The summed E-state index contributed by atoms with van der Waals surface area (Å²) in [7, 11) is -3.38. The van der Waals surface area contributed by atoms with Crippen molar-refractivity contribution in [3.05, 3.63) is 54.3 Å². The lowest BCUT2D eigenvalue weighted by atomic mass is 10.2. The number of amides is 1. The smallest absolute Gasteiger partial charge is 0.475 e. The third-order valence-corrected chi connectivity index (χ3v) is 7.32. The summed E-state index contributed by atoms with van der Waals surface area (Å²) in [6, 6.07) is 6.59. The summed E-state index contributed by atoms with van der Waals surface area (Å²) in [5.74, 6) is -2.94. The van der Waals surface area contributed by atoms with Crippen LogP contribution in [0.5, 0.6) is 0 Å². The summed E-state index contributed by atoms with van der Waals surface area (Å²) < 4.78 is 62.6. The Hall–Kier alpha value is -3.52. The van der Waals surface area contributed by atoms with Gasteiger partial charge in [-0.1, -0.05) is 0 Å². The van der Waals surface area contributed by atoms with Crippen molar-refractivity contribution >= 4 is 32.7 Å². The molecule has 0 saturated carbocycles. The second-order valence-electron chi connectivity index (χ2n) is 7.49. The summed E-state index contributed by atoms with van der Waals surface area (Å²) in [5.41, 5.74) is 1.11. The highest BCUT2D eigenvalue weighted by molar-refractivity contribution is 7.92. The van der Waals surface area contributed by atoms with Crippen LogP contribution in [0.15, 0.2) is 52.2 Å². The Morgan fingerprint density at radius 2 is 1.86 bits per heavy atom. The lowest BCUT2D eigenvalue weighted by Gasteiger charge is -2.22. The van der Waals surface area contributed by atoms with Gasteiger partial charge in [0.05, 0.1) is 28.6 Å². The van der Waals surface area contributed by atoms with Gasteiger partial charge in [-0.15, -0.1) is 0 Å². The molecule has 1 aliphatic rings. The third kappa shape index (κ3) is 6.76. The fraction of sp³-hybridized carbons (Fsp3) is 0.333. The molecule has 1 fully saturated rings. The zero-order valence-corrected chi connectivity index (χ0v) is 18.9. The number of furan rings is 1. The number of fused-ring (bicyclic) bond motifs is 1. The maximum atomic E-state index is 12.7. The molecule has 0 aromatic carbocycles. The average Bonchev–Trinajstić information content (AvgIpc) is 3.28. The molecular formula is C21H21F3N4O6S. The molecule has 0 bridgehead atoms. The molecular weight excluding hydrogens is 493 g/mol. The van der Waals surface area contributed by atoms with Crippen molar-refractivity contribution in [2.45, 2.75) is 35.7 Å². The van der Waals surface area contributed by atoms with E-state index in [1.54, 1.807) is 36.7 Å². The van der Waals surface area contributed by atoms with Gasteiger partial charge in [-0.3, -0.25) is 14.8 Å². The highest BCUT2D eigenvalue weighted by Crippen LogP contribution is 2.22. The summed E-state index contributed by atoms with van der Waals surface area (Å²) in [4.78, 5) is 29.5. The minimum Gasteiger partial charge on any atom is -0.475 e. The van der Waals surface area contributed by atoms with Crippen LogP contribution in [0.2, 0.25) is 0 Å². The van der Waals surface area contributed by atoms with Crippen LogP contribution < -0.4 is 10.6 Å². The van der Waals surface area contributed by atoms with Gasteiger partial charge in [0.25, 0.3) is 5.91 Å². The molecule has 4 rings (SSSR count). The van der Waals surface area contributed by atoms with E-state index < -0.39 is 22.0 Å². The Morgan fingerprint density at radius 1 is 1.17 bits per heavy atom. The molecule has 0 aliphatic carbocycles. The molecule has 1 aliphatic heterocycles. The Morgan fingerprint density at radius 3 is 2.43 bits per heavy atom. The number of nitrogens with zero attached hydrogens (tertiary/aromatic N) is 2. The number of aliphatic carboxylic acids is 1. The first-order chi connectivity index (χ1) is 16.5. The fourth-order valence-electron chi connectivity index (χ4n) is 3.24. The van der Waals surface area contributed by atoms with Gasteiger partial charge in [-0.05, 0) is 50.2 Å². The van der Waals surface area contributed by atoms with Crippen LogP contribution >= 0.6 is 0 Å². The van der Waals surface area contributed by atoms with Crippen LogP contribution in [-0.4, -0.2) is 59.9 Å². The maximum absolute atomic E-state index is 12.7. The van der Waals surface area contributed by atoms with Crippen LogP contribution in [0.4, 0.5) is 13.2 Å². The number of carbonyl (C=O) groups is 2. The number of carboxylic acids is 1. The SMILES string of the molecule is O=C(NCc1ccc(S(=O)(=O)C2CCNCC2)cn1)c1cc2ccncc2o1.O=C(O)C(F)(F)F. The van der Waals surface area contributed by atoms with Gasteiger partial charge in [0.15, 0.2) is 21.2 Å². The normalized spacial score (nSPS) is 14.7. The van der Waals surface area contributed by atoms with Gasteiger partial charge in [-0.2, -0.15) is 13.2 Å². The number of rotatable bonds is 5. The van der Waals surface area contributed by atoms with Gasteiger partial charge in [0.2, 0.25) is 0 Å². The number of alkyl halides is 3. The molecule has 3 N–H and O–H groups in total. The van der Waals surface area contributed by atoms with E-state index in [1.165, 1.54) is 6.20 Å². The quantitative estimate of drug-likeness (QED) is 0.466. The Bertz CT molecular complexity index is 1250. The lowest BCUT2D eigenvalue weighted by Crippen LogP contribution is -2.35. The standard InChI is InChI=1S/C19H20N4O4S.C2HF3O2/c24-19(17-9-13-3-6-21-12-18(13)27-17)23-10-14-1-2-16(11-22-14)28(25,26)15-4-7-20-8-5-15;3-2(4,5)1(6)7/h1-3,6,9,11-12,15,20H,4-5,7-8,10H2,(H,23,24);(H,6,7). The van der Waals surface area contributed by atoms with Crippen LogP contribution in [0.25, 0.3) is 11.0 Å². The third-order valence-electron chi connectivity index (χ3n) is 5.07. The van der Waals surface area contributed by atoms with Gasteiger partial charge >= 0.3 is 12.1 Å². The predicted molar refractivity (Wildman–Crippen MR) is 116 cm³/mol. The van der Waals surface area contributed by atoms with Crippen molar-refractivity contribution in [3.8, 4) is 0 Å². The van der Waals surface area contributed by atoms with Crippen molar-refractivity contribution in [3.63, 3.8) is 0 Å². The highest BCUT2D eigenvalue weighted by Gasteiger charge is 2.38. The first kappa shape index (κ1) is 26.1. The number of aromatic nitrogens is 2. The molecule has 4 heterocycles. The van der Waals surface area contributed by atoms with Crippen molar-refractivity contribution in [1.82, 2.24) is 20.6 Å². The first-order valence-electron chi connectivity index (χ1n) is 10.3. The first-order valence-corrected chi connectivity index (χ1v) is 11.8. The zero-order valence-electron chi connectivity index (χ0n) is 18.1. The topological polar surface area (TPSA) is 151 Å².